The fourth-order valence-corrected chi connectivity index (χ4v) is 1.92. The summed E-state index contributed by atoms with van der Waals surface area (Å²) in [5.74, 6) is -0.600. The van der Waals surface area contributed by atoms with E-state index in [0.717, 1.165) is 21.9 Å². The second-order valence-electron chi connectivity index (χ2n) is 4.83. The Morgan fingerprint density at radius 1 is 1.35 bits per heavy atom. The Morgan fingerprint density at radius 2 is 2.04 bits per heavy atom. The van der Waals surface area contributed by atoms with Gasteiger partial charge in [-0.1, -0.05) is 6.07 Å². The van der Waals surface area contributed by atoms with Crippen LogP contribution in [-0.2, 0) is 0 Å². The first-order valence-corrected chi connectivity index (χ1v) is 6.55. The monoisotopic (exact) mass is 317 g/mol. The van der Waals surface area contributed by atoms with Gasteiger partial charge in [-0.25, -0.2) is 19.6 Å². The Balaban J connectivity index is 2.63. The number of rotatable bonds is 3. The Bertz CT molecular complexity index is 910. The smallest absolute Gasteiger partial charge is 0.335 e. The average Bonchev–Trinajstić information content (AvgIpc) is 2.45. The highest BCUT2D eigenvalue weighted by atomic mass is 16.3. The molecule has 0 atom stereocenters. The van der Waals surface area contributed by atoms with Crippen molar-refractivity contribution in [3.63, 3.8) is 0 Å². The van der Waals surface area contributed by atoms with E-state index in [0.29, 0.717) is 5.69 Å². The molecule has 0 spiro atoms. The third-order valence-electron chi connectivity index (χ3n) is 3.24. The van der Waals surface area contributed by atoms with Gasteiger partial charge in [0.2, 0.25) is 5.88 Å². The largest absolute Gasteiger partial charge is 0.493 e. The molecular formula is C14H15N5O4. The van der Waals surface area contributed by atoms with Gasteiger partial charge in [-0.2, -0.15) is 5.10 Å². The predicted octanol–water partition coefficient (Wildman–Crippen LogP) is -0.150. The van der Waals surface area contributed by atoms with Crippen LogP contribution in [0, 0.1) is 13.8 Å². The lowest BCUT2D eigenvalue weighted by molar-refractivity contribution is 0.249. The van der Waals surface area contributed by atoms with E-state index in [1.165, 1.54) is 0 Å². The minimum atomic E-state index is -0.931. The number of carbonyl (C=O) groups is 1. The molecule has 9 nitrogen and oxygen atoms in total. The summed E-state index contributed by atoms with van der Waals surface area (Å²) in [5.41, 5.74) is 7.10. The maximum absolute atomic E-state index is 12.0. The van der Waals surface area contributed by atoms with Crippen LogP contribution in [0.3, 0.4) is 0 Å². The van der Waals surface area contributed by atoms with Crippen LogP contribution >= 0.6 is 0 Å². The van der Waals surface area contributed by atoms with Crippen molar-refractivity contribution in [2.75, 3.05) is 0 Å². The molecule has 0 fully saturated rings. The number of hydrazone groups is 1. The Morgan fingerprint density at radius 3 is 2.65 bits per heavy atom. The van der Waals surface area contributed by atoms with Crippen LogP contribution in [0.2, 0.25) is 0 Å². The molecule has 1 aromatic heterocycles. The van der Waals surface area contributed by atoms with Crippen molar-refractivity contribution in [2.45, 2.75) is 13.8 Å². The van der Waals surface area contributed by atoms with Crippen LogP contribution in [0.4, 0.5) is 4.79 Å². The number of aromatic nitrogens is 2. The van der Waals surface area contributed by atoms with Crippen LogP contribution in [0.5, 0.6) is 5.88 Å². The summed E-state index contributed by atoms with van der Waals surface area (Å²) in [6.45, 7) is 3.76. The second kappa shape index (κ2) is 6.18. The summed E-state index contributed by atoms with van der Waals surface area (Å²) in [5, 5.41) is 13.7. The molecule has 0 bridgehead atoms. The topological polar surface area (TPSA) is 143 Å². The van der Waals surface area contributed by atoms with Gasteiger partial charge in [-0.05, 0) is 37.1 Å². The summed E-state index contributed by atoms with van der Waals surface area (Å²) < 4.78 is 0.930. The minimum Gasteiger partial charge on any atom is -0.493 e. The average molecular weight is 317 g/mol. The summed E-state index contributed by atoms with van der Waals surface area (Å²) in [6, 6.07) is 4.17. The van der Waals surface area contributed by atoms with Crippen LogP contribution in [0.25, 0.3) is 5.69 Å². The van der Waals surface area contributed by atoms with Gasteiger partial charge in [0, 0.05) is 0 Å². The highest BCUT2D eigenvalue weighted by Crippen LogP contribution is 2.18. The van der Waals surface area contributed by atoms with E-state index in [-0.39, 0.29) is 5.56 Å². The lowest BCUT2D eigenvalue weighted by atomic mass is 10.1. The van der Waals surface area contributed by atoms with Crippen LogP contribution < -0.4 is 22.4 Å². The number of aryl methyl sites for hydroxylation is 2. The molecule has 0 aliphatic rings. The summed E-state index contributed by atoms with van der Waals surface area (Å²) in [6.07, 6.45) is 0.899. The van der Waals surface area contributed by atoms with Crippen molar-refractivity contribution in [1.82, 2.24) is 15.0 Å². The number of aromatic hydroxyl groups is 1. The first kappa shape index (κ1) is 16.0. The number of carbonyl (C=O) groups excluding carboxylic acids is 1. The molecular weight excluding hydrogens is 302 g/mol. The third-order valence-corrected chi connectivity index (χ3v) is 3.24. The molecule has 9 heteroatoms. The Labute approximate surface area is 130 Å². The molecule has 0 radical (unpaired) electrons. The molecule has 0 saturated heterocycles. The van der Waals surface area contributed by atoms with Gasteiger partial charge >= 0.3 is 11.7 Å². The standard InChI is InChI=1S/C14H15N5O4/c1-7-3-4-9(5-8(7)2)19-12(21)10(6-16-18-13(15)22)11(20)17-14(19)23/h3-6,21H,1-2H3,(H3,15,18,22)(H,17,20,23). The lowest BCUT2D eigenvalue weighted by Crippen LogP contribution is -2.32. The minimum absolute atomic E-state index is 0.295. The zero-order valence-electron chi connectivity index (χ0n) is 12.5. The molecule has 0 unspecified atom stereocenters. The normalized spacial score (nSPS) is 10.9. The van der Waals surface area contributed by atoms with Gasteiger partial charge in [-0.3, -0.25) is 9.78 Å². The van der Waals surface area contributed by atoms with Crippen LogP contribution in [0.1, 0.15) is 16.7 Å². The van der Waals surface area contributed by atoms with Gasteiger partial charge in [0.05, 0.1) is 11.9 Å². The van der Waals surface area contributed by atoms with E-state index in [1.54, 1.807) is 18.2 Å². The third kappa shape index (κ3) is 3.28. The fraction of sp³-hybridized carbons (Fsp3) is 0.143. The maximum atomic E-state index is 12.0. The van der Waals surface area contributed by atoms with E-state index in [9.17, 15) is 19.5 Å². The van der Waals surface area contributed by atoms with E-state index in [2.05, 4.69) is 10.1 Å². The molecule has 1 aromatic carbocycles. The number of benzene rings is 1. The summed E-state index contributed by atoms with van der Waals surface area (Å²) >= 11 is 0. The SMILES string of the molecule is Cc1ccc(-n2c(O)c(C=NNC(N)=O)c(=O)[nH]c2=O)cc1C. The molecule has 2 rings (SSSR count). The zero-order valence-corrected chi connectivity index (χ0v) is 12.5. The van der Waals surface area contributed by atoms with Crippen molar-refractivity contribution in [1.29, 1.82) is 0 Å². The van der Waals surface area contributed by atoms with E-state index in [1.807, 2.05) is 19.3 Å². The van der Waals surface area contributed by atoms with Crippen molar-refractivity contribution >= 4 is 12.2 Å². The van der Waals surface area contributed by atoms with Gasteiger partial charge in [0.25, 0.3) is 5.56 Å². The number of hydrogen-bond acceptors (Lipinski definition) is 5. The van der Waals surface area contributed by atoms with Crippen molar-refractivity contribution in [3.8, 4) is 11.6 Å². The summed E-state index contributed by atoms with van der Waals surface area (Å²) in [7, 11) is 0. The van der Waals surface area contributed by atoms with Gasteiger partial charge in [-0.15, -0.1) is 0 Å². The molecule has 0 aliphatic heterocycles. The molecule has 23 heavy (non-hydrogen) atoms. The van der Waals surface area contributed by atoms with Crippen molar-refractivity contribution in [2.24, 2.45) is 10.8 Å². The first-order valence-electron chi connectivity index (χ1n) is 6.55. The van der Waals surface area contributed by atoms with Gasteiger partial charge in [0.1, 0.15) is 5.56 Å². The van der Waals surface area contributed by atoms with Crippen LogP contribution in [0.15, 0.2) is 32.9 Å². The number of aromatic amines is 1. The predicted molar refractivity (Wildman–Crippen MR) is 84.1 cm³/mol. The van der Waals surface area contributed by atoms with Crippen molar-refractivity contribution in [3.05, 3.63) is 55.7 Å². The quantitative estimate of drug-likeness (QED) is 0.461. The summed E-state index contributed by atoms with van der Waals surface area (Å²) in [4.78, 5) is 36.4. The van der Waals surface area contributed by atoms with E-state index in [4.69, 9.17) is 5.73 Å². The van der Waals surface area contributed by atoms with E-state index >= 15 is 0 Å². The molecule has 1 heterocycles. The number of hydrogen-bond donors (Lipinski definition) is 4. The van der Waals surface area contributed by atoms with Gasteiger partial charge in [0.15, 0.2) is 0 Å². The number of amides is 2. The number of nitrogens with two attached hydrogens (primary N) is 1. The highest BCUT2D eigenvalue weighted by molar-refractivity contribution is 5.83. The first-order chi connectivity index (χ1) is 10.8. The van der Waals surface area contributed by atoms with E-state index < -0.39 is 23.2 Å². The van der Waals surface area contributed by atoms with Crippen molar-refractivity contribution < 1.29 is 9.90 Å². The molecule has 0 aliphatic carbocycles. The Kier molecular flexibility index (Phi) is 4.30. The molecule has 120 valence electrons. The number of H-pyrrole nitrogens is 1. The number of nitrogens with zero attached hydrogens (tertiary/aromatic N) is 2. The molecule has 0 saturated carbocycles. The Hall–Kier alpha value is -3.36. The lowest BCUT2D eigenvalue weighted by Gasteiger charge is -2.11. The number of nitrogens with one attached hydrogen (secondary N) is 2. The van der Waals surface area contributed by atoms with Gasteiger partial charge < -0.3 is 10.8 Å². The molecule has 5 N–H and O–H groups in total. The number of primary amides is 1. The number of urea groups is 1. The second-order valence-corrected chi connectivity index (χ2v) is 4.83. The molecule has 2 amide bonds. The zero-order chi connectivity index (χ0) is 17.1. The highest BCUT2D eigenvalue weighted by Gasteiger charge is 2.14. The maximum Gasteiger partial charge on any atom is 0.335 e. The fourth-order valence-electron chi connectivity index (χ4n) is 1.92. The van der Waals surface area contributed by atoms with Crippen LogP contribution in [-0.4, -0.2) is 26.9 Å². The molecule has 2 aromatic rings.